The van der Waals surface area contributed by atoms with Crippen LogP contribution in [0.3, 0.4) is 0 Å². The molecular formula is C10H16O2. The van der Waals surface area contributed by atoms with E-state index in [1.807, 2.05) is 6.92 Å². The van der Waals surface area contributed by atoms with Gasteiger partial charge in [0, 0.05) is 6.42 Å². The monoisotopic (exact) mass is 168 g/mol. The normalized spacial score (nSPS) is 46.2. The maximum Gasteiger partial charge on any atom is 0.167 e. The number of hydrogen-bond acceptors (Lipinski definition) is 2. The van der Waals surface area contributed by atoms with Gasteiger partial charge in [0.25, 0.3) is 0 Å². The quantitative estimate of drug-likeness (QED) is 0.598. The van der Waals surface area contributed by atoms with E-state index in [1.165, 1.54) is 0 Å². The summed E-state index contributed by atoms with van der Waals surface area (Å²) >= 11 is 0. The zero-order chi connectivity index (χ0) is 8.98. The third kappa shape index (κ3) is 0.817. The minimum Gasteiger partial charge on any atom is -0.360 e. The zero-order valence-electron chi connectivity index (χ0n) is 8.02. The van der Waals surface area contributed by atoms with Crippen molar-refractivity contribution in [1.29, 1.82) is 0 Å². The summed E-state index contributed by atoms with van der Waals surface area (Å²) in [5.41, 5.74) is -0.532. The van der Waals surface area contributed by atoms with Gasteiger partial charge < -0.3 is 4.74 Å². The second kappa shape index (κ2) is 2.11. The number of hydrogen-bond donors (Lipinski definition) is 0. The molecule has 0 N–H and O–H groups in total. The van der Waals surface area contributed by atoms with Crippen molar-refractivity contribution >= 4 is 5.78 Å². The van der Waals surface area contributed by atoms with E-state index >= 15 is 0 Å². The highest BCUT2D eigenvalue weighted by molar-refractivity contribution is 5.91. The van der Waals surface area contributed by atoms with Crippen molar-refractivity contribution in [1.82, 2.24) is 0 Å². The smallest absolute Gasteiger partial charge is 0.167 e. The van der Waals surface area contributed by atoms with Crippen LogP contribution in [0, 0.1) is 5.92 Å². The molecule has 0 amide bonds. The fourth-order valence-electron chi connectivity index (χ4n) is 2.39. The van der Waals surface area contributed by atoms with Crippen molar-refractivity contribution in [3.63, 3.8) is 0 Å². The Kier molecular flexibility index (Phi) is 1.45. The molecule has 2 rings (SSSR count). The molecule has 2 fully saturated rings. The summed E-state index contributed by atoms with van der Waals surface area (Å²) in [6, 6.07) is 0. The number of carbonyl (C=O) groups is 1. The van der Waals surface area contributed by atoms with Gasteiger partial charge in [-0.25, -0.2) is 0 Å². The number of ketones is 1. The van der Waals surface area contributed by atoms with Crippen LogP contribution in [0.4, 0.5) is 0 Å². The number of carbonyl (C=O) groups excluding carboxylic acids is 1. The lowest BCUT2D eigenvalue weighted by atomic mass is 9.77. The summed E-state index contributed by atoms with van der Waals surface area (Å²) < 4.78 is 5.87. The molecule has 2 saturated heterocycles. The van der Waals surface area contributed by atoms with E-state index in [4.69, 9.17) is 4.74 Å². The van der Waals surface area contributed by atoms with E-state index in [0.717, 1.165) is 12.8 Å². The van der Waals surface area contributed by atoms with Gasteiger partial charge in [-0.2, -0.15) is 0 Å². The van der Waals surface area contributed by atoms with Crippen LogP contribution in [0.25, 0.3) is 0 Å². The van der Waals surface area contributed by atoms with Crippen LogP contribution in [0.1, 0.15) is 40.0 Å². The molecule has 0 saturated carbocycles. The first-order chi connectivity index (χ1) is 5.49. The Morgan fingerprint density at radius 1 is 1.42 bits per heavy atom. The SMILES string of the molecule is CC(C)C12CC[C@@](C)(O1)C(=O)C2. The van der Waals surface area contributed by atoms with Crippen molar-refractivity contribution in [2.75, 3.05) is 0 Å². The second-order valence-corrected chi connectivity index (χ2v) is 4.65. The average Bonchev–Trinajstić information content (AvgIpc) is 2.41. The molecule has 0 aliphatic carbocycles. The molecule has 0 radical (unpaired) electrons. The van der Waals surface area contributed by atoms with Gasteiger partial charge in [-0.05, 0) is 25.7 Å². The summed E-state index contributed by atoms with van der Waals surface area (Å²) in [6.07, 6.45) is 2.62. The third-order valence-corrected chi connectivity index (χ3v) is 3.56. The lowest BCUT2D eigenvalue weighted by Gasteiger charge is -2.27. The average molecular weight is 168 g/mol. The van der Waals surface area contributed by atoms with Crippen molar-refractivity contribution in [2.24, 2.45) is 5.92 Å². The van der Waals surface area contributed by atoms with E-state index in [2.05, 4.69) is 13.8 Å². The highest BCUT2D eigenvalue weighted by atomic mass is 16.5. The molecule has 68 valence electrons. The number of fused-ring (bicyclic) bond motifs is 2. The summed E-state index contributed by atoms with van der Waals surface area (Å²) in [5, 5.41) is 0. The van der Waals surface area contributed by atoms with Gasteiger partial charge in [0.05, 0.1) is 5.60 Å². The van der Waals surface area contributed by atoms with E-state index in [9.17, 15) is 4.79 Å². The number of rotatable bonds is 1. The summed E-state index contributed by atoms with van der Waals surface area (Å²) in [6.45, 7) is 6.22. The molecule has 0 aromatic carbocycles. The van der Waals surface area contributed by atoms with Crippen LogP contribution in [-0.2, 0) is 9.53 Å². The Hall–Kier alpha value is -0.370. The predicted molar refractivity (Wildman–Crippen MR) is 45.9 cm³/mol. The minimum absolute atomic E-state index is 0.105. The first-order valence-electron chi connectivity index (χ1n) is 4.72. The van der Waals surface area contributed by atoms with E-state index < -0.39 is 5.60 Å². The van der Waals surface area contributed by atoms with Crippen LogP contribution < -0.4 is 0 Å². The molecule has 12 heavy (non-hydrogen) atoms. The van der Waals surface area contributed by atoms with Gasteiger partial charge in [0.15, 0.2) is 5.78 Å². The topological polar surface area (TPSA) is 26.3 Å². The molecule has 0 aromatic heterocycles. The van der Waals surface area contributed by atoms with Crippen LogP contribution in [-0.4, -0.2) is 17.0 Å². The maximum atomic E-state index is 11.5. The Morgan fingerprint density at radius 3 is 2.33 bits per heavy atom. The number of ether oxygens (including phenoxy) is 1. The highest BCUT2D eigenvalue weighted by Gasteiger charge is 2.59. The van der Waals surface area contributed by atoms with E-state index in [-0.39, 0.29) is 5.60 Å². The van der Waals surface area contributed by atoms with Crippen molar-refractivity contribution in [3.05, 3.63) is 0 Å². The fraction of sp³-hybridized carbons (Fsp3) is 0.900. The van der Waals surface area contributed by atoms with Gasteiger partial charge in [-0.1, -0.05) is 13.8 Å². The second-order valence-electron chi connectivity index (χ2n) is 4.65. The van der Waals surface area contributed by atoms with Crippen LogP contribution >= 0.6 is 0 Å². The highest BCUT2D eigenvalue weighted by Crippen LogP contribution is 2.51. The minimum atomic E-state index is -0.426. The first kappa shape index (κ1) is 8.24. The summed E-state index contributed by atoms with van der Waals surface area (Å²) in [5.74, 6) is 0.772. The Labute approximate surface area is 73.3 Å². The Morgan fingerprint density at radius 2 is 2.08 bits per heavy atom. The zero-order valence-corrected chi connectivity index (χ0v) is 8.02. The van der Waals surface area contributed by atoms with Crippen molar-refractivity contribution in [3.8, 4) is 0 Å². The third-order valence-electron chi connectivity index (χ3n) is 3.56. The maximum absolute atomic E-state index is 11.5. The lowest BCUT2D eigenvalue weighted by Crippen LogP contribution is -2.33. The van der Waals surface area contributed by atoms with Crippen LogP contribution in [0.15, 0.2) is 0 Å². The molecule has 2 bridgehead atoms. The van der Waals surface area contributed by atoms with Crippen LogP contribution in [0.2, 0.25) is 0 Å². The summed E-state index contributed by atoms with van der Waals surface area (Å²) in [7, 11) is 0. The molecule has 2 heteroatoms. The van der Waals surface area contributed by atoms with Gasteiger partial charge in [0.1, 0.15) is 5.60 Å². The molecule has 2 aliphatic heterocycles. The molecule has 2 atom stereocenters. The van der Waals surface area contributed by atoms with Crippen molar-refractivity contribution in [2.45, 2.75) is 51.2 Å². The molecule has 1 unspecified atom stereocenters. The van der Waals surface area contributed by atoms with Crippen LogP contribution in [0.5, 0.6) is 0 Å². The fourth-order valence-corrected chi connectivity index (χ4v) is 2.39. The largest absolute Gasteiger partial charge is 0.360 e. The van der Waals surface area contributed by atoms with Crippen molar-refractivity contribution < 1.29 is 9.53 Å². The van der Waals surface area contributed by atoms with Gasteiger partial charge in [-0.3, -0.25) is 4.79 Å². The molecule has 0 spiro atoms. The van der Waals surface area contributed by atoms with Gasteiger partial charge >= 0.3 is 0 Å². The molecular weight excluding hydrogens is 152 g/mol. The Balaban J connectivity index is 2.31. The van der Waals surface area contributed by atoms with E-state index in [0.29, 0.717) is 18.1 Å². The predicted octanol–water partition coefficient (Wildman–Crippen LogP) is 1.92. The number of Topliss-reactive ketones (excluding diaryl/α,β-unsaturated/α-hetero) is 1. The first-order valence-corrected chi connectivity index (χ1v) is 4.72. The molecule has 2 nitrogen and oxygen atoms in total. The van der Waals surface area contributed by atoms with Gasteiger partial charge in [0.2, 0.25) is 0 Å². The van der Waals surface area contributed by atoms with E-state index in [1.54, 1.807) is 0 Å². The van der Waals surface area contributed by atoms with Gasteiger partial charge in [-0.15, -0.1) is 0 Å². The summed E-state index contributed by atoms with van der Waals surface area (Å²) in [4.78, 5) is 11.5. The molecule has 2 heterocycles. The Bertz CT molecular complexity index is 234. The lowest BCUT2D eigenvalue weighted by molar-refractivity contribution is -0.130. The molecule has 0 aromatic rings. The molecule has 2 aliphatic rings. The standard InChI is InChI=1S/C10H16O2/c1-7(2)10-5-4-9(3,12-10)8(11)6-10/h7H,4-6H2,1-3H3/t9-,10?/m1/s1.